The van der Waals surface area contributed by atoms with Crippen LogP contribution >= 0.6 is 11.8 Å². The Morgan fingerprint density at radius 3 is 2.88 bits per heavy atom. The number of nitrogens with one attached hydrogen (secondary N) is 1. The molecule has 0 aliphatic rings. The highest BCUT2D eigenvalue weighted by molar-refractivity contribution is 7.98. The van der Waals surface area contributed by atoms with Crippen LogP contribution in [0.2, 0.25) is 0 Å². The lowest BCUT2D eigenvalue weighted by atomic mass is 10.1. The molecular formula is C13H21NO2S. The normalized spacial score (nSPS) is 10.5. The van der Waals surface area contributed by atoms with E-state index in [0.29, 0.717) is 0 Å². The van der Waals surface area contributed by atoms with Gasteiger partial charge in [-0.2, -0.15) is 11.8 Å². The van der Waals surface area contributed by atoms with Crippen molar-refractivity contribution < 1.29 is 9.84 Å². The number of benzene rings is 1. The van der Waals surface area contributed by atoms with Gasteiger partial charge in [-0.25, -0.2) is 0 Å². The van der Waals surface area contributed by atoms with Crippen molar-refractivity contribution >= 4 is 11.8 Å². The molecule has 3 nitrogen and oxygen atoms in total. The topological polar surface area (TPSA) is 41.5 Å². The molecule has 0 spiro atoms. The van der Waals surface area contributed by atoms with Gasteiger partial charge in [0.25, 0.3) is 0 Å². The Kier molecular flexibility index (Phi) is 7.08. The monoisotopic (exact) mass is 255 g/mol. The number of ether oxygens (including phenoxy) is 1. The SMILES string of the molecule is CNCc1ccc(OC)c(CSCCCO)c1. The molecule has 1 aromatic rings. The van der Waals surface area contributed by atoms with Crippen LogP contribution in [0, 0.1) is 0 Å². The third-order valence-corrected chi connectivity index (χ3v) is 3.52. The van der Waals surface area contributed by atoms with Gasteiger partial charge in [0.1, 0.15) is 5.75 Å². The number of aliphatic hydroxyl groups excluding tert-OH is 1. The molecule has 17 heavy (non-hydrogen) atoms. The maximum atomic E-state index is 8.73. The third kappa shape index (κ3) is 4.98. The lowest BCUT2D eigenvalue weighted by molar-refractivity contribution is 0.296. The summed E-state index contributed by atoms with van der Waals surface area (Å²) in [5.41, 5.74) is 2.49. The lowest BCUT2D eigenvalue weighted by Crippen LogP contribution is -2.05. The molecular weight excluding hydrogens is 234 g/mol. The summed E-state index contributed by atoms with van der Waals surface area (Å²) < 4.78 is 5.35. The summed E-state index contributed by atoms with van der Waals surface area (Å²) in [6.07, 6.45) is 0.850. The minimum absolute atomic E-state index is 0.268. The van der Waals surface area contributed by atoms with Gasteiger partial charge in [0.2, 0.25) is 0 Å². The number of hydrogen-bond acceptors (Lipinski definition) is 4. The van der Waals surface area contributed by atoms with Gasteiger partial charge >= 0.3 is 0 Å². The van der Waals surface area contributed by atoms with E-state index in [1.807, 2.05) is 24.9 Å². The predicted octanol–water partition coefficient (Wildman–Crippen LogP) is 2.03. The maximum Gasteiger partial charge on any atom is 0.122 e. The van der Waals surface area contributed by atoms with Crippen molar-refractivity contribution in [2.75, 3.05) is 26.5 Å². The molecule has 1 aromatic carbocycles. The van der Waals surface area contributed by atoms with Gasteiger partial charge in [0, 0.05) is 24.5 Å². The third-order valence-electron chi connectivity index (χ3n) is 2.43. The minimum Gasteiger partial charge on any atom is -0.496 e. The van der Waals surface area contributed by atoms with E-state index in [0.717, 1.165) is 30.2 Å². The van der Waals surface area contributed by atoms with E-state index in [9.17, 15) is 0 Å². The maximum absolute atomic E-state index is 8.73. The second-order valence-corrected chi connectivity index (χ2v) is 4.91. The van der Waals surface area contributed by atoms with Crippen LogP contribution in [-0.4, -0.2) is 31.6 Å². The van der Waals surface area contributed by atoms with E-state index in [2.05, 4.69) is 17.4 Å². The Bertz CT molecular complexity index is 331. The van der Waals surface area contributed by atoms with Gasteiger partial charge in [-0.3, -0.25) is 0 Å². The first-order chi connectivity index (χ1) is 8.31. The number of aliphatic hydroxyl groups is 1. The van der Waals surface area contributed by atoms with Crippen LogP contribution in [0.5, 0.6) is 5.75 Å². The van der Waals surface area contributed by atoms with E-state index in [-0.39, 0.29) is 6.61 Å². The summed E-state index contributed by atoms with van der Waals surface area (Å²) in [4.78, 5) is 0. The Hall–Kier alpha value is -0.710. The van der Waals surface area contributed by atoms with Crippen LogP contribution in [-0.2, 0) is 12.3 Å². The summed E-state index contributed by atoms with van der Waals surface area (Å²) in [6, 6.07) is 6.28. The molecule has 0 aliphatic carbocycles. The van der Waals surface area contributed by atoms with Crippen molar-refractivity contribution in [3.63, 3.8) is 0 Å². The summed E-state index contributed by atoms with van der Waals surface area (Å²) in [5.74, 6) is 2.86. The van der Waals surface area contributed by atoms with Crippen molar-refractivity contribution in [1.82, 2.24) is 5.32 Å². The fourth-order valence-corrected chi connectivity index (χ4v) is 2.53. The molecule has 0 saturated heterocycles. The van der Waals surface area contributed by atoms with Gasteiger partial charge in [-0.1, -0.05) is 6.07 Å². The average molecular weight is 255 g/mol. The first-order valence-corrected chi connectivity index (χ1v) is 6.96. The molecule has 96 valence electrons. The molecule has 2 N–H and O–H groups in total. The Morgan fingerprint density at radius 2 is 2.24 bits per heavy atom. The van der Waals surface area contributed by atoms with E-state index in [4.69, 9.17) is 9.84 Å². The zero-order valence-electron chi connectivity index (χ0n) is 10.5. The largest absolute Gasteiger partial charge is 0.496 e. The zero-order chi connectivity index (χ0) is 12.5. The quantitative estimate of drug-likeness (QED) is 0.698. The van der Waals surface area contributed by atoms with Gasteiger partial charge < -0.3 is 15.2 Å². The molecule has 0 radical (unpaired) electrons. The van der Waals surface area contributed by atoms with Gasteiger partial charge in [0.05, 0.1) is 7.11 Å². The van der Waals surface area contributed by atoms with Crippen molar-refractivity contribution in [2.24, 2.45) is 0 Å². The van der Waals surface area contributed by atoms with Crippen molar-refractivity contribution in [1.29, 1.82) is 0 Å². The highest BCUT2D eigenvalue weighted by atomic mass is 32.2. The van der Waals surface area contributed by atoms with E-state index >= 15 is 0 Å². The van der Waals surface area contributed by atoms with E-state index in [1.54, 1.807) is 7.11 Å². The summed E-state index contributed by atoms with van der Waals surface area (Å²) in [7, 11) is 3.65. The molecule has 0 aliphatic heterocycles. The number of thioether (sulfide) groups is 1. The van der Waals surface area contributed by atoms with Gasteiger partial charge in [0.15, 0.2) is 0 Å². The Balaban J connectivity index is 2.62. The van der Waals surface area contributed by atoms with Crippen LogP contribution in [0.15, 0.2) is 18.2 Å². The zero-order valence-corrected chi connectivity index (χ0v) is 11.3. The highest BCUT2D eigenvalue weighted by Crippen LogP contribution is 2.24. The van der Waals surface area contributed by atoms with Crippen LogP contribution in [0.4, 0.5) is 0 Å². The summed E-state index contributed by atoms with van der Waals surface area (Å²) in [5, 5.41) is 11.9. The first kappa shape index (κ1) is 14.4. The minimum atomic E-state index is 0.268. The number of hydrogen-bond donors (Lipinski definition) is 2. The van der Waals surface area contributed by atoms with Crippen LogP contribution in [0.1, 0.15) is 17.5 Å². The second-order valence-electron chi connectivity index (χ2n) is 3.81. The van der Waals surface area contributed by atoms with Crippen molar-refractivity contribution in [3.05, 3.63) is 29.3 Å². The molecule has 0 saturated carbocycles. The molecule has 4 heteroatoms. The molecule has 0 heterocycles. The molecule has 0 aromatic heterocycles. The number of rotatable bonds is 8. The molecule has 1 rings (SSSR count). The fourth-order valence-electron chi connectivity index (χ4n) is 1.61. The van der Waals surface area contributed by atoms with Crippen LogP contribution < -0.4 is 10.1 Å². The van der Waals surface area contributed by atoms with Gasteiger partial charge in [-0.15, -0.1) is 0 Å². The average Bonchev–Trinajstić information content (AvgIpc) is 2.35. The fraction of sp³-hybridized carbons (Fsp3) is 0.538. The molecule has 0 amide bonds. The van der Waals surface area contributed by atoms with Crippen LogP contribution in [0.25, 0.3) is 0 Å². The Labute approximate surface area is 108 Å². The van der Waals surface area contributed by atoms with Gasteiger partial charge in [-0.05, 0) is 36.9 Å². The molecule has 0 bridgehead atoms. The lowest BCUT2D eigenvalue weighted by Gasteiger charge is -2.10. The molecule has 0 atom stereocenters. The van der Waals surface area contributed by atoms with E-state index in [1.165, 1.54) is 11.1 Å². The summed E-state index contributed by atoms with van der Waals surface area (Å²) in [6.45, 7) is 1.14. The standard InChI is InChI=1S/C13H21NO2S/c1-14-9-11-4-5-13(16-2)12(8-11)10-17-7-3-6-15/h4-5,8,14-15H,3,6-7,9-10H2,1-2H3. The second kappa shape index (κ2) is 8.39. The first-order valence-electron chi connectivity index (χ1n) is 5.80. The Morgan fingerprint density at radius 1 is 1.41 bits per heavy atom. The van der Waals surface area contributed by atoms with Crippen molar-refractivity contribution in [2.45, 2.75) is 18.7 Å². The van der Waals surface area contributed by atoms with Crippen molar-refractivity contribution in [3.8, 4) is 5.75 Å². The van der Waals surface area contributed by atoms with E-state index < -0.39 is 0 Å². The molecule has 0 unspecified atom stereocenters. The molecule has 0 fully saturated rings. The number of methoxy groups -OCH3 is 1. The van der Waals surface area contributed by atoms with Crippen LogP contribution in [0.3, 0.4) is 0 Å². The summed E-state index contributed by atoms with van der Waals surface area (Å²) >= 11 is 1.83. The highest BCUT2D eigenvalue weighted by Gasteiger charge is 2.04. The predicted molar refractivity (Wildman–Crippen MR) is 73.6 cm³/mol. The smallest absolute Gasteiger partial charge is 0.122 e.